The van der Waals surface area contributed by atoms with Crippen LogP contribution in [0.3, 0.4) is 0 Å². The summed E-state index contributed by atoms with van der Waals surface area (Å²) in [5.41, 5.74) is -0.728. The van der Waals surface area contributed by atoms with Crippen LogP contribution >= 0.6 is 0 Å². The van der Waals surface area contributed by atoms with Gasteiger partial charge < -0.3 is 4.74 Å². The lowest BCUT2D eigenvalue weighted by atomic mass is 10.8. The van der Waals surface area contributed by atoms with Gasteiger partial charge >= 0.3 is 5.69 Å². The van der Waals surface area contributed by atoms with Gasteiger partial charge in [-0.2, -0.15) is 4.68 Å². The predicted molar refractivity (Wildman–Crippen MR) is 58.3 cm³/mol. The summed E-state index contributed by atoms with van der Waals surface area (Å²) in [6.07, 6.45) is 1.07. The largest absolute Gasteiger partial charge is 0.362 e. The Morgan fingerprint density at radius 3 is 2.83 bits per heavy atom. The van der Waals surface area contributed by atoms with E-state index >= 15 is 0 Å². The molecule has 1 N–H and O–H groups in total. The van der Waals surface area contributed by atoms with Crippen LogP contribution in [0.15, 0.2) is 16.1 Å². The first-order valence-corrected chi connectivity index (χ1v) is 6.23. The van der Waals surface area contributed by atoms with Gasteiger partial charge in [-0.05, 0) is 7.05 Å². The zero-order valence-electron chi connectivity index (χ0n) is 9.56. The van der Waals surface area contributed by atoms with Crippen molar-refractivity contribution in [1.82, 2.24) is 29.1 Å². The fourth-order valence-electron chi connectivity index (χ4n) is 1.31. The topological polar surface area (TPSA) is 120 Å². The van der Waals surface area contributed by atoms with Crippen LogP contribution in [-0.2, 0) is 21.5 Å². The fourth-order valence-corrected chi connectivity index (χ4v) is 2.06. The van der Waals surface area contributed by atoms with Gasteiger partial charge in [0.25, 0.3) is 10.0 Å². The summed E-state index contributed by atoms with van der Waals surface area (Å²) in [5.74, 6) is 0. The number of ether oxygens (including phenoxy) is 1. The van der Waals surface area contributed by atoms with E-state index in [2.05, 4.69) is 20.0 Å². The second-order valence-corrected chi connectivity index (χ2v) is 5.04. The van der Waals surface area contributed by atoms with Crippen molar-refractivity contribution in [2.75, 3.05) is 14.2 Å². The highest BCUT2D eigenvalue weighted by atomic mass is 32.2. The number of rotatable bonds is 4. The number of methoxy groups -OCH3 is 1. The minimum Gasteiger partial charge on any atom is -0.362 e. The average Bonchev–Trinajstić information content (AvgIpc) is 2.78. The molecule has 0 amide bonds. The van der Waals surface area contributed by atoms with Gasteiger partial charge in [0.1, 0.15) is 13.1 Å². The minimum absolute atomic E-state index is 0.0892. The van der Waals surface area contributed by atoms with Gasteiger partial charge in [0.15, 0.2) is 0 Å². The van der Waals surface area contributed by atoms with Gasteiger partial charge in [-0.3, -0.25) is 0 Å². The van der Waals surface area contributed by atoms with Crippen LogP contribution < -0.4 is 10.4 Å². The van der Waals surface area contributed by atoms with Crippen molar-refractivity contribution in [3.63, 3.8) is 0 Å². The van der Waals surface area contributed by atoms with Gasteiger partial charge in [-0.25, -0.2) is 27.3 Å². The third kappa shape index (κ3) is 1.87. The first-order chi connectivity index (χ1) is 8.51. The molecular weight excluding hydrogens is 264 g/mol. The zero-order chi connectivity index (χ0) is 13.3. The highest BCUT2D eigenvalue weighted by Gasteiger charge is 2.21. The maximum Gasteiger partial charge on any atom is 0.355 e. The highest BCUT2D eigenvalue weighted by Crippen LogP contribution is 2.09. The Morgan fingerprint density at radius 2 is 2.22 bits per heavy atom. The molecule has 0 saturated heterocycles. The van der Waals surface area contributed by atoms with Crippen molar-refractivity contribution in [3.05, 3.63) is 16.8 Å². The molecule has 0 unspecified atom stereocenters. The number of hydrogen-bond acceptors (Lipinski definition) is 7. The Morgan fingerprint density at radius 1 is 1.50 bits per heavy atom. The molecule has 10 nitrogen and oxygen atoms in total. The van der Waals surface area contributed by atoms with Crippen molar-refractivity contribution in [2.45, 2.75) is 11.8 Å². The van der Waals surface area contributed by atoms with E-state index in [1.165, 1.54) is 14.2 Å². The Hall–Kier alpha value is -1.85. The molecule has 0 aliphatic heterocycles. The standard InChI is InChI=1S/C7H10N6O4S/c1-8-18(15,16)6-5-10-11-13(4-17-2)7(14)12(5)3-9-6/h3,8H,4H2,1-2H3. The van der Waals surface area contributed by atoms with Crippen LogP contribution in [0.25, 0.3) is 5.65 Å². The normalized spacial score (nSPS) is 12.1. The van der Waals surface area contributed by atoms with Gasteiger partial charge in [0, 0.05) is 7.11 Å². The lowest BCUT2D eigenvalue weighted by Gasteiger charge is -2.02. The third-order valence-electron chi connectivity index (χ3n) is 2.16. The van der Waals surface area contributed by atoms with E-state index < -0.39 is 15.7 Å². The zero-order valence-corrected chi connectivity index (χ0v) is 10.4. The average molecular weight is 274 g/mol. The summed E-state index contributed by atoms with van der Waals surface area (Å²) < 4.78 is 32.0. The van der Waals surface area contributed by atoms with Crippen molar-refractivity contribution in [1.29, 1.82) is 0 Å². The molecule has 0 saturated carbocycles. The van der Waals surface area contributed by atoms with Crippen LogP contribution in [0.5, 0.6) is 0 Å². The first-order valence-electron chi connectivity index (χ1n) is 4.74. The highest BCUT2D eigenvalue weighted by molar-refractivity contribution is 7.89. The molecule has 11 heteroatoms. The summed E-state index contributed by atoms with van der Waals surface area (Å²) in [6.45, 7) is -0.0892. The third-order valence-corrected chi connectivity index (χ3v) is 3.49. The van der Waals surface area contributed by atoms with Crippen molar-refractivity contribution >= 4 is 15.7 Å². The monoisotopic (exact) mass is 274 g/mol. The molecule has 2 heterocycles. The number of nitrogens with one attached hydrogen (secondary N) is 1. The molecule has 0 atom stereocenters. The SMILES string of the molecule is CNS(=O)(=O)c1ncn2c(=O)n(COC)nnc12. The minimum atomic E-state index is -3.79. The lowest BCUT2D eigenvalue weighted by Crippen LogP contribution is -2.30. The van der Waals surface area contributed by atoms with Crippen LogP contribution in [0.1, 0.15) is 0 Å². The molecule has 0 bridgehead atoms. The van der Waals surface area contributed by atoms with Crippen LogP contribution in [0.4, 0.5) is 0 Å². The molecule has 0 aliphatic rings. The Bertz CT molecular complexity index is 732. The first kappa shape index (κ1) is 12.6. The Balaban J connectivity index is 2.71. The lowest BCUT2D eigenvalue weighted by molar-refractivity contribution is 0.111. The molecule has 0 radical (unpaired) electrons. The van der Waals surface area contributed by atoms with E-state index in [9.17, 15) is 13.2 Å². The van der Waals surface area contributed by atoms with Crippen molar-refractivity contribution in [3.8, 4) is 0 Å². The molecule has 2 rings (SSSR count). The van der Waals surface area contributed by atoms with Crippen molar-refractivity contribution < 1.29 is 13.2 Å². The number of sulfonamides is 1. The molecule has 2 aromatic heterocycles. The Labute approximate surface area is 101 Å². The number of fused-ring (bicyclic) bond motifs is 1. The van der Waals surface area contributed by atoms with E-state index in [-0.39, 0.29) is 17.4 Å². The summed E-state index contributed by atoms with van der Waals surface area (Å²) >= 11 is 0. The van der Waals surface area contributed by atoms with Crippen LogP contribution in [0.2, 0.25) is 0 Å². The molecule has 2 aromatic rings. The van der Waals surface area contributed by atoms with Gasteiger partial charge in [0.2, 0.25) is 10.7 Å². The van der Waals surface area contributed by atoms with Crippen molar-refractivity contribution in [2.24, 2.45) is 0 Å². The van der Waals surface area contributed by atoms with Gasteiger partial charge in [-0.15, -0.1) is 5.10 Å². The molecule has 0 spiro atoms. The number of imidazole rings is 1. The summed E-state index contributed by atoms with van der Waals surface area (Å²) in [6, 6.07) is 0. The van der Waals surface area contributed by atoms with E-state index in [1.807, 2.05) is 0 Å². The van der Waals surface area contributed by atoms with Crippen LogP contribution in [0, 0.1) is 0 Å². The quantitative estimate of drug-likeness (QED) is 0.671. The number of nitrogens with zero attached hydrogens (tertiary/aromatic N) is 5. The number of hydrogen-bond donors (Lipinski definition) is 1. The fraction of sp³-hybridized carbons (Fsp3) is 0.429. The number of aromatic nitrogens is 5. The molecule has 18 heavy (non-hydrogen) atoms. The molecular formula is C7H10N6O4S. The van der Waals surface area contributed by atoms with Crippen LogP contribution in [-0.4, -0.2) is 47.0 Å². The Kier molecular flexibility index (Phi) is 3.11. The van der Waals surface area contributed by atoms with E-state index in [0.29, 0.717) is 0 Å². The van der Waals surface area contributed by atoms with E-state index in [1.54, 1.807) is 0 Å². The smallest absolute Gasteiger partial charge is 0.355 e. The molecule has 0 fully saturated rings. The van der Waals surface area contributed by atoms with E-state index in [0.717, 1.165) is 15.4 Å². The van der Waals surface area contributed by atoms with Gasteiger partial charge in [0.05, 0.1) is 0 Å². The summed E-state index contributed by atoms with van der Waals surface area (Å²) in [5, 5.41) is 6.85. The summed E-state index contributed by atoms with van der Waals surface area (Å²) in [7, 11) is -1.16. The maximum atomic E-state index is 11.8. The predicted octanol–water partition coefficient (Wildman–Crippen LogP) is -2.20. The second-order valence-electron chi connectivity index (χ2n) is 3.24. The summed E-state index contributed by atoms with van der Waals surface area (Å²) in [4.78, 5) is 15.5. The van der Waals surface area contributed by atoms with Gasteiger partial charge in [-0.1, -0.05) is 5.21 Å². The van der Waals surface area contributed by atoms with E-state index in [4.69, 9.17) is 4.74 Å². The molecule has 98 valence electrons. The second kappa shape index (κ2) is 4.44. The molecule has 0 aliphatic carbocycles. The molecule has 0 aromatic carbocycles. The maximum absolute atomic E-state index is 11.8.